The highest BCUT2D eigenvalue weighted by Crippen LogP contribution is 2.23. The monoisotopic (exact) mass is 192 g/mol. The van der Waals surface area contributed by atoms with E-state index in [4.69, 9.17) is 0 Å². The van der Waals surface area contributed by atoms with E-state index in [0.717, 1.165) is 6.42 Å². The fourth-order valence-electron chi connectivity index (χ4n) is 1.37. The van der Waals surface area contributed by atoms with Gasteiger partial charge in [0.05, 0.1) is 0 Å². The Morgan fingerprint density at radius 3 is 2.62 bits per heavy atom. The predicted molar refractivity (Wildman–Crippen MR) is 62.6 cm³/mol. The molecule has 0 radical (unpaired) electrons. The molecule has 13 heavy (non-hydrogen) atoms. The molecule has 0 bridgehead atoms. The summed E-state index contributed by atoms with van der Waals surface area (Å²) in [6, 6.07) is 8.73. The molecule has 2 rings (SSSR count). The first kappa shape index (κ1) is 10.3. The average Bonchev–Trinajstić information content (AvgIpc) is 2.68. The third kappa shape index (κ3) is 2.10. The van der Waals surface area contributed by atoms with Crippen molar-refractivity contribution in [1.82, 2.24) is 0 Å². The molecule has 0 unspecified atom stereocenters. The Bertz CT molecular complexity index is 360. The molecule has 1 aromatic carbocycles. The molecule has 0 saturated heterocycles. The second-order valence-electron chi connectivity index (χ2n) is 2.60. The Morgan fingerprint density at radius 2 is 1.92 bits per heavy atom. The van der Waals surface area contributed by atoms with Crippen LogP contribution in [0, 0.1) is 0 Å². The van der Waals surface area contributed by atoms with Gasteiger partial charge < -0.3 is 0 Å². The van der Waals surface area contributed by atoms with E-state index in [-0.39, 0.29) is 0 Å². The minimum Gasteiger partial charge on any atom is -0.144 e. The fourth-order valence-corrected chi connectivity index (χ4v) is 2.20. The maximum Gasteiger partial charge on any atom is 0.0345 e. The van der Waals surface area contributed by atoms with E-state index in [9.17, 15) is 0 Å². The van der Waals surface area contributed by atoms with Gasteiger partial charge in [0, 0.05) is 4.70 Å². The number of fused-ring (bicyclic) bond motifs is 1. The quantitative estimate of drug-likeness (QED) is 0.624. The zero-order valence-corrected chi connectivity index (χ0v) is 9.32. The molecular weight excluding hydrogens is 176 g/mol. The highest BCUT2D eigenvalue weighted by molar-refractivity contribution is 7.17. The molecule has 0 aliphatic rings. The minimum absolute atomic E-state index is 1.13. The lowest BCUT2D eigenvalue weighted by Crippen LogP contribution is -1.77. The summed E-state index contributed by atoms with van der Waals surface area (Å²) in [5, 5.41) is 3.59. The number of hydrogen-bond acceptors (Lipinski definition) is 1. The molecule has 2 aromatic rings. The fraction of sp³-hybridized carbons (Fsp3) is 0.333. The van der Waals surface area contributed by atoms with Crippen LogP contribution in [0.1, 0.15) is 26.3 Å². The highest BCUT2D eigenvalue weighted by Gasteiger charge is 1.97. The first-order valence-corrected chi connectivity index (χ1v) is 5.75. The topological polar surface area (TPSA) is 0 Å². The van der Waals surface area contributed by atoms with Gasteiger partial charge in [0.15, 0.2) is 0 Å². The lowest BCUT2D eigenvalue weighted by Gasteiger charge is -1.96. The van der Waals surface area contributed by atoms with E-state index >= 15 is 0 Å². The van der Waals surface area contributed by atoms with Crippen LogP contribution >= 0.6 is 11.3 Å². The second-order valence-corrected chi connectivity index (χ2v) is 3.55. The SMILES string of the molecule is CC.CCc1cccc2sccc12. The molecule has 0 aliphatic carbocycles. The summed E-state index contributed by atoms with van der Waals surface area (Å²) in [7, 11) is 0. The van der Waals surface area contributed by atoms with Crippen molar-refractivity contribution >= 4 is 21.4 Å². The van der Waals surface area contributed by atoms with Crippen LogP contribution in [-0.2, 0) is 6.42 Å². The third-order valence-corrected chi connectivity index (χ3v) is 2.85. The molecule has 0 N–H and O–H groups in total. The minimum atomic E-state index is 1.13. The van der Waals surface area contributed by atoms with Gasteiger partial charge in [0.1, 0.15) is 0 Å². The lowest BCUT2D eigenvalue weighted by molar-refractivity contribution is 1.16. The summed E-state index contributed by atoms with van der Waals surface area (Å²) < 4.78 is 1.41. The molecule has 1 aromatic heterocycles. The van der Waals surface area contributed by atoms with Crippen molar-refractivity contribution in [2.24, 2.45) is 0 Å². The first-order valence-electron chi connectivity index (χ1n) is 4.87. The standard InChI is InChI=1S/C10H10S.C2H6/c1-2-8-4-3-5-10-9(8)6-7-11-10;1-2/h3-7H,2H2,1H3;1-2H3. The summed E-state index contributed by atoms with van der Waals surface area (Å²) in [6.07, 6.45) is 1.13. The van der Waals surface area contributed by atoms with Crippen molar-refractivity contribution in [3.05, 3.63) is 35.2 Å². The van der Waals surface area contributed by atoms with Crippen LogP contribution in [0.15, 0.2) is 29.6 Å². The van der Waals surface area contributed by atoms with E-state index in [2.05, 4.69) is 36.6 Å². The lowest BCUT2D eigenvalue weighted by atomic mass is 10.1. The molecule has 0 aliphatic heterocycles. The Balaban J connectivity index is 0.000000396. The number of aryl methyl sites for hydroxylation is 1. The Morgan fingerprint density at radius 1 is 1.15 bits per heavy atom. The number of thiophene rings is 1. The Kier molecular flexibility index (Phi) is 3.97. The number of hydrogen-bond donors (Lipinski definition) is 0. The molecule has 0 saturated carbocycles. The van der Waals surface area contributed by atoms with Crippen molar-refractivity contribution in [2.75, 3.05) is 0 Å². The van der Waals surface area contributed by atoms with E-state index in [1.54, 1.807) is 0 Å². The maximum absolute atomic E-state index is 2.21. The van der Waals surface area contributed by atoms with Crippen molar-refractivity contribution in [3.63, 3.8) is 0 Å². The third-order valence-electron chi connectivity index (χ3n) is 1.97. The van der Waals surface area contributed by atoms with Crippen molar-refractivity contribution in [1.29, 1.82) is 0 Å². The average molecular weight is 192 g/mol. The first-order chi connectivity index (χ1) is 6.42. The summed E-state index contributed by atoms with van der Waals surface area (Å²) in [5.41, 5.74) is 1.46. The van der Waals surface area contributed by atoms with Gasteiger partial charge in [-0.05, 0) is 34.9 Å². The van der Waals surface area contributed by atoms with Gasteiger partial charge >= 0.3 is 0 Å². The molecule has 1 heteroatoms. The molecule has 0 nitrogen and oxygen atoms in total. The van der Waals surface area contributed by atoms with Gasteiger partial charge in [0.25, 0.3) is 0 Å². The Hall–Kier alpha value is -0.820. The van der Waals surface area contributed by atoms with Crippen LogP contribution in [0.2, 0.25) is 0 Å². The van der Waals surface area contributed by atoms with E-state index < -0.39 is 0 Å². The van der Waals surface area contributed by atoms with Gasteiger partial charge in [-0.2, -0.15) is 0 Å². The molecular formula is C12H16S. The predicted octanol–water partition coefficient (Wildman–Crippen LogP) is 4.49. The molecule has 0 amide bonds. The summed E-state index contributed by atoms with van der Waals surface area (Å²) in [5.74, 6) is 0. The molecule has 0 spiro atoms. The largest absolute Gasteiger partial charge is 0.144 e. The van der Waals surface area contributed by atoms with Crippen LogP contribution in [0.4, 0.5) is 0 Å². The summed E-state index contributed by atoms with van der Waals surface area (Å²) in [4.78, 5) is 0. The van der Waals surface area contributed by atoms with Crippen molar-refractivity contribution in [3.8, 4) is 0 Å². The molecule has 0 atom stereocenters. The van der Waals surface area contributed by atoms with E-state index in [1.165, 1.54) is 15.6 Å². The zero-order chi connectivity index (χ0) is 9.68. The highest BCUT2D eigenvalue weighted by atomic mass is 32.1. The number of rotatable bonds is 1. The second kappa shape index (κ2) is 5.03. The van der Waals surface area contributed by atoms with E-state index in [0.29, 0.717) is 0 Å². The van der Waals surface area contributed by atoms with Crippen LogP contribution in [-0.4, -0.2) is 0 Å². The van der Waals surface area contributed by atoms with Gasteiger partial charge in [-0.15, -0.1) is 11.3 Å². The molecule has 0 fully saturated rings. The Labute approximate surface area is 84.2 Å². The normalized spacial score (nSPS) is 9.46. The summed E-state index contributed by atoms with van der Waals surface area (Å²) in [6.45, 7) is 6.20. The van der Waals surface area contributed by atoms with Gasteiger partial charge in [-0.1, -0.05) is 32.9 Å². The van der Waals surface area contributed by atoms with Crippen LogP contribution in [0.3, 0.4) is 0 Å². The van der Waals surface area contributed by atoms with Crippen molar-refractivity contribution < 1.29 is 0 Å². The number of benzene rings is 1. The maximum atomic E-state index is 2.21. The van der Waals surface area contributed by atoms with Crippen LogP contribution < -0.4 is 0 Å². The van der Waals surface area contributed by atoms with Gasteiger partial charge in [-0.25, -0.2) is 0 Å². The molecule has 70 valence electrons. The van der Waals surface area contributed by atoms with Gasteiger partial charge in [0.2, 0.25) is 0 Å². The van der Waals surface area contributed by atoms with Crippen LogP contribution in [0.25, 0.3) is 10.1 Å². The zero-order valence-electron chi connectivity index (χ0n) is 8.50. The molecule has 1 heterocycles. The van der Waals surface area contributed by atoms with E-state index in [1.807, 2.05) is 25.2 Å². The summed E-state index contributed by atoms with van der Waals surface area (Å²) >= 11 is 1.82. The smallest absolute Gasteiger partial charge is 0.0345 e. The van der Waals surface area contributed by atoms with Gasteiger partial charge in [-0.3, -0.25) is 0 Å². The van der Waals surface area contributed by atoms with Crippen LogP contribution in [0.5, 0.6) is 0 Å². The van der Waals surface area contributed by atoms with Crippen molar-refractivity contribution in [2.45, 2.75) is 27.2 Å².